The van der Waals surface area contributed by atoms with Crippen LogP contribution in [0.5, 0.6) is 0 Å². The molecule has 0 spiro atoms. The first kappa shape index (κ1) is 12.1. The highest BCUT2D eigenvalue weighted by molar-refractivity contribution is 6.32. The third-order valence-corrected chi connectivity index (χ3v) is 2.77. The third-order valence-electron chi connectivity index (χ3n) is 2.24. The van der Waals surface area contributed by atoms with Gasteiger partial charge in [-0.05, 0) is 30.3 Å². The van der Waals surface area contributed by atoms with E-state index in [4.69, 9.17) is 23.2 Å². The summed E-state index contributed by atoms with van der Waals surface area (Å²) in [5.74, 6) is -0.304. The smallest absolute Gasteiger partial charge is 0.152 e. The Balaban J connectivity index is 2.12. The van der Waals surface area contributed by atoms with E-state index in [1.807, 2.05) is 0 Å². The van der Waals surface area contributed by atoms with Crippen LogP contribution in [0.2, 0.25) is 10.2 Å². The lowest BCUT2D eigenvalue weighted by Crippen LogP contribution is -2.02. The lowest BCUT2D eigenvalue weighted by molar-refractivity contribution is 0.613. The molecule has 0 atom stereocenters. The van der Waals surface area contributed by atoms with Gasteiger partial charge < -0.3 is 5.32 Å². The maximum absolute atomic E-state index is 13.4. The summed E-state index contributed by atoms with van der Waals surface area (Å²) >= 11 is 11.7. The van der Waals surface area contributed by atoms with Crippen LogP contribution in [0, 0.1) is 5.82 Å². The Kier molecular flexibility index (Phi) is 3.82. The number of aromatic nitrogens is 1. The van der Waals surface area contributed by atoms with Gasteiger partial charge in [0.2, 0.25) is 0 Å². The number of halogens is 3. The molecule has 17 heavy (non-hydrogen) atoms. The molecule has 0 bridgehead atoms. The van der Waals surface area contributed by atoms with Crippen LogP contribution in [0.3, 0.4) is 0 Å². The molecule has 88 valence electrons. The van der Waals surface area contributed by atoms with Crippen molar-refractivity contribution in [2.24, 2.45) is 0 Å². The molecule has 1 heterocycles. The lowest BCUT2D eigenvalue weighted by Gasteiger charge is -2.08. The van der Waals surface area contributed by atoms with E-state index in [2.05, 4.69) is 10.3 Å². The maximum Gasteiger partial charge on any atom is 0.152 e. The molecular formula is C12H9Cl2FN2. The van der Waals surface area contributed by atoms with Gasteiger partial charge >= 0.3 is 0 Å². The molecule has 0 amide bonds. The summed E-state index contributed by atoms with van der Waals surface area (Å²) < 4.78 is 13.4. The molecule has 0 aliphatic carbocycles. The van der Waals surface area contributed by atoms with Crippen molar-refractivity contribution < 1.29 is 4.39 Å². The Hall–Kier alpha value is -1.32. The second-order valence-electron chi connectivity index (χ2n) is 3.43. The zero-order valence-corrected chi connectivity index (χ0v) is 10.3. The molecule has 1 N–H and O–H groups in total. The lowest BCUT2D eigenvalue weighted by atomic mass is 10.2. The second kappa shape index (κ2) is 5.34. The van der Waals surface area contributed by atoms with Gasteiger partial charge in [0.05, 0.1) is 5.69 Å². The van der Waals surface area contributed by atoms with Crippen LogP contribution in [0.1, 0.15) is 5.56 Å². The van der Waals surface area contributed by atoms with Crippen LogP contribution in [-0.4, -0.2) is 4.98 Å². The van der Waals surface area contributed by atoms with Gasteiger partial charge in [-0.15, -0.1) is 0 Å². The predicted octanol–water partition coefficient (Wildman–Crippen LogP) is 4.14. The molecule has 2 aromatic rings. The maximum atomic E-state index is 13.4. The summed E-state index contributed by atoms with van der Waals surface area (Å²) in [6, 6.07) is 7.95. The summed E-state index contributed by atoms with van der Waals surface area (Å²) in [5.41, 5.74) is 1.14. The molecule has 2 nitrogen and oxygen atoms in total. The first-order chi connectivity index (χ1) is 8.16. The van der Waals surface area contributed by atoms with Crippen molar-refractivity contribution in [3.8, 4) is 0 Å². The van der Waals surface area contributed by atoms with Gasteiger partial charge in [-0.3, -0.25) is 0 Å². The molecule has 1 aromatic carbocycles. The Morgan fingerprint density at radius 1 is 1.24 bits per heavy atom. The van der Waals surface area contributed by atoms with Crippen molar-refractivity contribution in [3.63, 3.8) is 0 Å². The van der Waals surface area contributed by atoms with Gasteiger partial charge in [-0.25, -0.2) is 9.37 Å². The topological polar surface area (TPSA) is 24.9 Å². The van der Waals surface area contributed by atoms with Gasteiger partial charge in [-0.1, -0.05) is 23.2 Å². The fourth-order valence-electron chi connectivity index (χ4n) is 1.39. The fourth-order valence-corrected chi connectivity index (χ4v) is 1.77. The largest absolute Gasteiger partial charge is 0.378 e. The van der Waals surface area contributed by atoms with Crippen LogP contribution in [0.15, 0.2) is 36.5 Å². The molecule has 1 aromatic heterocycles. The van der Waals surface area contributed by atoms with Gasteiger partial charge in [0, 0.05) is 23.3 Å². The highest BCUT2D eigenvalue weighted by atomic mass is 35.5. The first-order valence-corrected chi connectivity index (χ1v) is 5.71. The number of hydrogen-bond acceptors (Lipinski definition) is 2. The van der Waals surface area contributed by atoms with E-state index in [0.717, 1.165) is 0 Å². The van der Waals surface area contributed by atoms with E-state index in [9.17, 15) is 4.39 Å². The molecule has 5 heteroatoms. The van der Waals surface area contributed by atoms with Crippen LogP contribution < -0.4 is 5.32 Å². The summed E-state index contributed by atoms with van der Waals surface area (Å²) in [6.07, 6.45) is 1.59. The fraction of sp³-hybridized carbons (Fsp3) is 0.0833. The Bertz CT molecular complexity index is 532. The molecule has 0 saturated heterocycles. The van der Waals surface area contributed by atoms with Crippen LogP contribution in [0.25, 0.3) is 0 Å². The molecular weight excluding hydrogens is 262 g/mol. The number of hydrogen-bond donors (Lipinski definition) is 1. The minimum Gasteiger partial charge on any atom is -0.378 e. The summed E-state index contributed by atoms with van der Waals surface area (Å²) in [4.78, 5) is 3.91. The monoisotopic (exact) mass is 270 g/mol. The first-order valence-electron chi connectivity index (χ1n) is 4.95. The minimum atomic E-state index is -0.304. The van der Waals surface area contributed by atoms with E-state index in [1.165, 1.54) is 12.1 Å². The van der Waals surface area contributed by atoms with E-state index >= 15 is 0 Å². The second-order valence-corrected chi connectivity index (χ2v) is 4.23. The van der Waals surface area contributed by atoms with Crippen LogP contribution >= 0.6 is 23.2 Å². The average molecular weight is 271 g/mol. The standard InChI is InChI=1S/C12H9Cl2FN2/c13-9-3-4-10(15)8(6-9)7-17-11-2-1-5-16-12(11)14/h1-6,17H,7H2. The summed E-state index contributed by atoms with van der Waals surface area (Å²) in [7, 11) is 0. The van der Waals surface area contributed by atoms with Gasteiger partial charge in [-0.2, -0.15) is 0 Å². The zero-order chi connectivity index (χ0) is 12.3. The van der Waals surface area contributed by atoms with Gasteiger partial charge in [0.25, 0.3) is 0 Å². The average Bonchev–Trinajstić information content (AvgIpc) is 2.32. The molecule has 0 saturated carbocycles. The van der Waals surface area contributed by atoms with E-state index in [-0.39, 0.29) is 5.82 Å². The summed E-state index contributed by atoms with van der Waals surface area (Å²) in [5, 5.41) is 3.86. The summed E-state index contributed by atoms with van der Waals surface area (Å²) in [6.45, 7) is 0.303. The van der Waals surface area contributed by atoms with Gasteiger partial charge in [0.1, 0.15) is 5.82 Å². The van der Waals surface area contributed by atoms with E-state index in [1.54, 1.807) is 24.4 Å². The third kappa shape index (κ3) is 3.08. The Labute approximate surface area is 108 Å². The van der Waals surface area contributed by atoms with Crippen molar-refractivity contribution >= 4 is 28.9 Å². The van der Waals surface area contributed by atoms with Crippen molar-refractivity contribution in [3.05, 3.63) is 58.1 Å². The number of pyridine rings is 1. The van der Waals surface area contributed by atoms with Crippen molar-refractivity contribution in [1.82, 2.24) is 4.98 Å². The zero-order valence-electron chi connectivity index (χ0n) is 8.75. The van der Waals surface area contributed by atoms with Crippen molar-refractivity contribution in [2.75, 3.05) is 5.32 Å². The highest BCUT2D eigenvalue weighted by Gasteiger charge is 2.04. The van der Waals surface area contributed by atoms with Crippen LogP contribution in [0.4, 0.5) is 10.1 Å². The number of benzene rings is 1. The molecule has 0 aliphatic heterocycles. The normalized spacial score (nSPS) is 10.3. The Morgan fingerprint density at radius 3 is 2.82 bits per heavy atom. The SMILES string of the molecule is Fc1ccc(Cl)cc1CNc1cccnc1Cl. The molecule has 0 radical (unpaired) electrons. The molecule has 2 rings (SSSR count). The Morgan fingerprint density at radius 2 is 2.06 bits per heavy atom. The number of anilines is 1. The van der Waals surface area contributed by atoms with Gasteiger partial charge in [0.15, 0.2) is 5.15 Å². The quantitative estimate of drug-likeness (QED) is 0.848. The van der Waals surface area contributed by atoms with E-state index in [0.29, 0.717) is 28.0 Å². The predicted molar refractivity (Wildman–Crippen MR) is 68.0 cm³/mol. The van der Waals surface area contributed by atoms with E-state index < -0.39 is 0 Å². The number of rotatable bonds is 3. The molecule has 0 unspecified atom stereocenters. The number of nitrogens with one attached hydrogen (secondary N) is 1. The highest BCUT2D eigenvalue weighted by Crippen LogP contribution is 2.20. The minimum absolute atomic E-state index is 0.303. The molecule has 0 aliphatic rings. The van der Waals surface area contributed by atoms with Crippen molar-refractivity contribution in [2.45, 2.75) is 6.54 Å². The molecule has 0 fully saturated rings. The number of nitrogens with zero attached hydrogens (tertiary/aromatic N) is 1. The van der Waals surface area contributed by atoms with Crippen LogP contribution in [-0.2, 0) is 6.54 Å². The van der Waals surface area contributed by atoms with Crippen molar-refractivity contribution in [1.29, 1.82) is 0 Å².